The van der Waals surface area contributed by atoms with Crippen molar-refractivity contribution in [1.29, 1.82) is 0 Å². The fourth-order valence-corrected chi connectivity index (χ4v) is 19.6. The maximum Gasteiger partial charge on any atom is 0.498 e. The number of fused-ring (bicyclic) bond motifs is 3. The van der Waals surface area contributed by atoms with Crippen LogP contribution >= 0.6 is 50.7 Å². The number of nitrogens with zero attached hydrogens (tertiary/aromatic N) is 13. The molecule has 8 aromatic heterocycles. The molecule has 3 fully saturated rings. The average molecular weight is 2200 g/mol. The number of rotatable bonds is 23. The van der Waals surface area contributed by atoms with Gasteiger partial charge in [0.1, 0.15) is 59.6 Å². The molecule has 780 valence electrons. The lowest BCUT2D eigenvalue weighted by atomic mass is 9.82. The third-order valence-corrected chi connectivity index (χ3v) is 30.2. The summed E-state index contributed by atoms with van der Waals surface area (Å²) < 4.78 is 155. The van der Waals surface area contributed by atoms with Crippen molar-refractivity contribution in [2.75, 3.05) is 26.0 Å². The summed E-state index contributed by atoms with van der Waals surface area (Å²) in [4.78, 5) is 58.1. The quantitative estimate of drug-likeness (QED) is 0.0176. The topological polar surface area (TPSA) is 322 Å². The number of carbonyl (C=O) groups excluding carboxylic acids is 2. The number of nitrogens with one attached hydrogen (secondary N) is 2. The summed E-state index contributed by atoms with van der Waals surface area (Å²) in [6.45, 7) is 34.6. The number of aliphatic imine (C=N–C) groups is 1. The first-order valence-electron chi connectivity index (χ1n) is 47.9. The summed E-state index contributed by atoms with van der Waals surface area (Å²) >= 11 is 21.4. The third kappa shape index (κ3) is 29.6. The van der Waals surface area contributed by atoms with Gasteiger partial charge in [0.25, 0.3) is 10.1 Å². The number of hydrogen-bond acceptors (Lipinski definition) is 21. The number of amides is 1. The number of H-pyrrole nitrogens is 1. The van der Waals surface area contributed by atoms with Crippen molar-refractivity contribution in [3.05, 3.63) is 238 Å². The summed E-state index contributed by atoms with van der Waals surface area (Å²) in [5.41, 5.74) is 17.2. The van der Waals surface area contributed by atoms with Gasteiger partial charge in [-0.2, -0.15) is 23.3 Å². The molecule has 1 amide bonds. The minimum Gasteiger partial charge on any atom is -0.444 e. The highest BCUT2D eigenvalue weighted by atomic mass is 79.9. The van der Waals surface area contributed by atoms with E-state index < -0.39 is 109 Å². The van der Waals surface area contributed by atoms with Gasteiger partial charge < -0.3 is 53.4 Å². The molecule has 1 saturated heterocycles. The van der Waals surface area contributed by atoms with Crippen molar-refractivity contribution in [1.82, 2.24) is 68.9 Å². The van der Waals surface area contributed by atoms with E-state index in [9.17, 15) is 40.0 Å². The lowest BCUT2D eigenvalue weighted by molar-refractivity contribution is 0.00578. The number of hydrogen-bond donors (Lipinski definition) is 3. The van der Waals surface area contributed by atoms with Crippen LogP contribution in [0, 0.1) is 34.9 Å². The van der Waals surface area contributed by atoms with Crippen molar-refractivity contribution in [2.45, 2.75) is 239 Å². The van der Waals surface area contributed by atoms with Crippen LogP contribution in [0.15, 0.2) is 187 Å². The fourth-order valence-electron chi connectivity index (χ4n) is 16.6. The normalized spacial score (nSPS) is 16.7. The number of halogens is 10. The smallest absolute Gasteiger partial charge is 0.444 e. The molecule has 2 aliphatic carbocycles. The van der Waals surface area contributed by atoms with Gasteiger partial charge in [0.2, 0.25) is 0 Å². The number of nitrogens with two attached hydrogens (primary N) is 1. The summed E-state index contributed by atoms with van der Waals surface area (Å²) in [5.74, 6) is -4.58. The fraction of sp³-hybridized carbons (Fsp3) is 0.387. The predicted molar refractivity (Wildman–Crippen MR) is 578 cm³/mol. The van der Waals surface area contributed by atoms with E-state index in [0.29, 0.717) is 72.2 Å². The maximum atomic E-state index is 15.1. The molecule has 1 unspecified atom stereocenters. The van der Waals surface area contributed by atoms with Crippen LogP contribution in [-0.2, 0) is 56.0 Å². The molecule has 6 aromatic carbocycles. The molecule has 0 spiro atoms. The van der Waals surface area contributed by atoms with Gasteiger partial charge in [0.05, 0.1) is 133 Å². The molecule has 10 heterocycles. The zero-order valence-corrected chi connectivity index (χ0v) is 91.1. The molecule has 4 atom stereocenters. The van der Waals surface area contributed by atoms with E-state index in [0.717, 1.165) is 149 Å². The monoisotopic (exact) mass is 2190 g/mol. The van der Waals surface area contributed by atoms with Gasteiger partial charge in [-0.05, 0) is 201 Å². The van der Waals surface area contributed by atoms with Crippen LogP contribution in [-0.4, -0.2) is 180 Å². The summed E-state index contributed by atoms with van der Waals surface area (Å²) in [5, 5.41) is 13.6. The molecule has 27 nitrogen and oxygen atoms in total. The second kappa shape index (κ2) is 47.4. The minimum atomic E-state index is -3.52. The molecule has 18 rings (SSSR count). The van der Waals surface area contributed by atoms with Gasteiger partial charge in [0, 0.05) is 173 Å². The molecule has 14 aromatic rings. The van der Waals surface area contributed by atoms with Crippen LogP contribution in [0.4, 0.5) is 35.9 Å². The Labute approximate surface area is 878 Å². The molecule has 0 radical (unpaired) electrons. The highest BCUT2D eigenvalue weighted by molar-refractivity contribution is 9.10. The Bertz CT molecular complexity index is 7270. The molecule has 2 saturated carbocycles. The standard InChI is InChI=1S/C28H27ClF2N4OSi.C27H23ClF2N6.C24H23BrClF2N3OSi.C14H23BN2O4.C12H23NO5S.CH4/c1-37(2,3)9-8-36-17-35-16-34-27(28(35)22-12-23(29)25(31)13-24(22)30)18-4-5-26-20(10-18)11-21(15-33-26)19-6-7-32-14-19;28-20-9-19(21(29)10-22(20)30)27-26(33-14-34-27)15-5-6-24-16(7-15)8-17(11-32-24)18-12-35-36(13-18)25-4-2-1-3-23(25)31;1-33(2,3)7-6-32-14-31-13-30-23(24(31)18-10-19(26)21(28)11-20(18)27)15-4-5-22-16(8-15)9-17(25)12-29-22;1-12(2,3)19-11(18)17-9-10(8-16-17)15-20-13(4,5)14(6,7)21-15;1-12(2,3)17-11(14)13-9-7-5-6-8-10(9)18-19(4,15)16;/h4-6,10-16H,7-9,17H2,1-3H3;5-14,23,25H,1-4,31H2,(H,33,34);4-5,8-13H,6-7,14H2,1-3H3;8-9H,1-7H3;9-10H,5-8H2,1-4H3,(H,13,14);1H4/t;23-,25-;;;9-,10?;/m.1..1./s1. The number of allylic oxidation sites excluding steroid dienone is 1. The van der Waals surface area contributed by atoms with Gasteiger partial charge in [-0.3, -0.25) is 28.8 Å². The van der Waals surface area contributed by atoms with Crippen molar-refractivity contribution in [3.8, 4) is 78.7 Å². The molecule has 4 N–H and O–H groups in total. The second-order valence-corrected chi connectivity index (χ2v) is 56.7. The number of ether oxygens (including phenoxy) is 4. The van der Waals surface area contributed by atoms with E-state index in [1.807, 2.05) is 145 Å². The van der Waals surface area contributed by atoms with Crippen molar-refractivity contribution < 1.29 is 76.8 Å². The van der Waals surface area contributed by atoms with E-state index in [1.54, 1.807) is 61.2 Å². The number of aromatic amines is 1. The van der Waals surface area contributed by atoms with Gasteiger partial charge in [-0.1, -0.05) is 131 Å². The predicted octanol–water partition coefficient (Wildman–Crippen LogP) is 26.2. The summed E-state index contributed by atoms with van der Waals surface area (Å²) in [7, 11) is -6.58. The Morgan fingerprint density at radius 1 is 0.565 bits per heavy atom. The van der Waals surface area contributed by atoms with Gasteiger partial charge in [0.15, 0.2) is 0 Å². The van der Waals surface area contributed by atoms with Gasteiger partial charge in [-0.15, -0.1) is 0 Å². The Kier molecular flexibility index (Phi) is 36.4. The van der Waals surface area contributed by atoms with Crippen LogP contribution in [0.1, 0.15) is 140 Å². The highest BCUT2D eigenvalue weighted by Gasteiger charge is 2.52. The maximum absolute atomic E-state index is 15.1. The third-order valence-electron chi connectivity index (χ3n) is 24.9. The van der Waals surface area contributed by atoms with Gasteiger partial charge in [-0.25, -0.2) is 50.9 Å². The molecule has 41 heteroatoms. The lowest BCUT2D eigenvalue weighted by Gasteiger charge is -2.32. The molecular weight excluding hydrogens is 2070 g/mol. The first-order valence-corrected chi connectivity index (χ1v) is 59.0. The van der Waals surface area contributed by atoms with E-state index >= 15 is 4.39 Å². The Hall–Kier alpha value is -11.1. The molecule has 4 aliphatic rings. The first-order chi connectivity index (χ1) is 68.8. The molecule has 147 heavy (non-hydrogen) atoms. The van der Waals surface area contributed by atoms with Gasteiger partial charge >= 0.3 is 19.3 Å². The summed E-state index contributed by atoms with van der Waals surface area (Å²) in [6.07, 6.45) is 28.0. The number of pyridine rings is 3. The zero-order valence-electron chi connectivity index (χ0n) is 84.4. The zero-order chi connectivity index (χ0) is 105. The Morgan fingerprint density at radius 3 is 1.55 bits per heavy atom. The highest BCUT2D eigenvalue weighted by Crippen LogP contribution is 2.43. The van der Waals surface area contributed by atoms with Crippen molar-refractivity contribution in [2.24, 2.45) is 10.7 Å². The van der Waals surface area contributed by atoms with E-state index in [4.69, 9.17) is 73.0 Å². The second-order valence-electron chi connectivity index (χ2n) is 41.7. The Morgan fingerprint density at radius 2 is 1.04 bits per heavy atom. The lowest BCUT2D eigenvalue weighted by Crippen LogP contribution is -2.48. The van der Waals surface area contributed by atoms with E-state index in [-0.39, 0.29) is 70.8 Å². The van der Waals surface area contributed by atoms with Crippen molar-refractivity contribution in [3.63, 3.8) is 0 Å². The number of imidazole rings is 3. The average Bonchev–Trinajstić information content (AvgIpc) is 1.85. The number of carbonyl (C=O) groups is 2. The number of aromatic nitrogens is 13. The van der Waals surface area contributed by atoms with Crippen LogP contribution in [0.2, 0.25) is 66.4 Å². The molecule has 2 aliphatic heterocycles. The van der Waals surface area contributed by atoms with Crippen LogP contribution in [0.25, 0.3) is 117 Å². The minimum absolute atomic E-state index is 0. The molecular formula is C106H123BBrCl3F6N16O11SSi2. The SMILES string of the molecule is C.CC(C)(C)OC(=O)N[C@@H]1CCCCC1OS(C)(=O)=O.CC(C)(C)OC(=O)n1cc(B2OC(C)(C)C(C)(C)O2)cn1.C[Si](C)(C)CCOCn1cnc(-c2ccc3ncc(Br)cc3c2)c1-c1cc(Cl)c(F)cc1F.C[Si](C)(C)CCOCn1cnc(-c2ccc3ncc(C4=CCN=C4)cc3c2)c1-c1cc(Cl)c(F)cc1F.N[C@@H]1CCCC[C@H]1n1cc(-c2cnc3ccc(-c4nc[nH]c4-c4cc(Cl)c(F)cc4F)cc3c2)cn1. The van der Waals surface area contributed by atoms with Crippen molar-refractivity contribution >= 4 is 146 Å². The van der Waals surface area contributed by atoms with E-state index in [1.165, 1.54) is 30.9 Å². The summed E-state index contributed by atoms with van der Waals surface area (Å²) in [6, 6.07) is 31.5. The number of benzene rings is 6. The number of alkyl carbamates (subject to hydrolysis) is 1. The van der Waals surface area contributed by atoms with E-state index in [2.05, 4.69) is 129 Å². The molecule has 0 bridgehead atoms. The first kappa shape index (κ1) is 113. The van der Waals surface area contributed by atoms with Crippen LogP contribution in [0.3, 0.4) is 0 Å². The largest absolute Gasteiger partial charge is 0.498 e. The Balaban J connectivity index is 0.000000157. The van der Waals surface area contributed by atoms with Crippen LogP contribution < -0.4 is 16.5 Å². The van der Waals surface area contributed by atoms with Crippen LogP contribution in [0.5, 0.6) is 0 Å².